The van der Waals surface area contributed by atoms with E-state index < -0.39 is 6.10 Å². The summed E-state index contributed by atoms with van der Waals surface area (Å²) in [4.78, 5) is 27.9. The Morgan fingerprint density at radius 3 is 2.44 bits per heavy atom. The van der Waals surface area contributed by atoms with E-state index >= 15 is 0 Å². The highest BCUT2D eigenvalue weighted by Crippen LogP contribution is 2.41. The molecule has 1 aliphatic heterocycles. The number of carbonyl (C=O) groups is 2. The van der Waals surface area contributed by atoms with Gasteiger partial charge in [0.1, 0.15) is 5.75 Å². The van der Waals surface area contributed by atoms with Crippen molar-refractivity contribution in [2.24, 2.45) is 5.92 Å². The van der Waals surface area contributed by atoms with Crippen molar-refractivity contribution < 1.29 is 14.3 Å². The minimum atomic E-state index is -0.665. The molecule has 3 aromatic carbocycles. The molecule has 2 aliphatic rings. The molecule has 34 heavy (non-hydrogen) atoms. The minimum Gasteiger partial charge on any atom is -0.481 e. The Hall–Kier alpha value is -3.60. The monoisotopic (exact) mass is 454 g/mol. The summed E-state index contributed by atoms with van der Waals surface area (Å²) in [6.07, 6.45) is 2.13. The first kappa shape index (κ1) is 22.2. The molecule has 1 saturated carbocycles. The summed E-state index contributed by atoms with van der Waals surface area (Å²) in [6.45, 7) is 4.48. The molecule has 5 nitrogen and oxygen atoms in total. The van der Waals surface area contributed by atoms with Gasteiger partial charge in [0.25, 0.3) is 5.91 Å². The molecule has 0 aromatic heterocycles. The number of amides is 2. The quantitative estimate of drug-likeness (QED) is 0.551. The zero-order chi connectivity index (χ0) is 23.7. The Morgan fingerprint density at radius 2 is 1.74 bits per heavy atom. The minimum absolute atomic E-state index is 0.140. The summed E-state index contributed by atoms with van der Waals surface area (Å²) >= 11 is 0. The fraction of sp³-hybridized carbons (Fsp3) is 0.310. The van der Waals surface area contributed by atoms with Crippen molar-refractivity contribution in [3.63, 3.8) is 0 Å². The van der Waals surface area contributed by atoms with Crippen LogP contribution in [0, 0.1) is 12.8 Å². The molecular weight excluding hydrogens is 424 g/mol. The number of nitrogens with zero attached hydrogens (tertiary/aromatic N) is 1. The van der Waals surface area contributed by atoms with Crippen LogP contribution in [0.4, 0.5) is 5.69 Å². The van der Waals surface area contributed by atoms with E-state index in [-0.39, 0.29) is 23.8 Å². The molecule has 2 unspecified atom stereocenters. The zero-order valence-corrected chi connectivity index (χ0v) is 19.7. The number of aryl methyl sites for hydroxylation is 1. The van der Waals surface area contributed by atoms with Gasteiger partial charge in [0.2, 0.25) is 5.91 Å². The van der Waals surface area contributed by atoms with E-state index in [2.05, 4.69) is 23.5 Å². The fourth-order valence-corrected chi connectivity index (χ4v) is 4.60. The van der Waals surface area contributed by atoms with Crippen LogP contribution in [0.15, 0.2) is 72.8 Å². The number of ether oxygens (including phenoxy) is 1. The average Bonchev–Trinajstić information content (AvgIpc) is 3.70. The maximum Gasteiger partial charge on any atom is 0.265 e. The van der Waals surface area contributed by atoms with Crippen molar-refractivity contribution >= 4 is 17.5 Å². The third kappa shape index (κ3) is 4.69. The summed E-state index contributed by atoms with van der Waals surface area (Å²) < 4.78 is 6.06. The molecule has 0 saturated heterocycles. The summed E-state index contributed by atoms with van der Waals surface area (Å²) in [5.41, 5.74) is 5.28. The van der Waals surface area contributed by atoms with E-state index in [9.17, 15) is 9.59 Å². The zero-order valence-electron chi connectivity index (χ0n) is 19.7. The van der Waals surface area contributed by atoms with Gasteiger partial charge in [-0.25, -0.2) is 0 Å². The van der Waals surface area contributed by atoms with Gasteiger partial charge in [-0.3, -0.25) is 9.59 Å². The number of benzene rings is 3. The van der Waals surface area contributed by atoms with Gasteiger partial charge >= 0.3 is 0 Å². The first-order chi connectivity index (χ1) is 16.5. The van der Waals surface area contributed by atoms with Crippen LogP contribution >= 0.6 is 0 Å². The molecule has 1 fully saturated rings. The van der Waals surface area contributed by atoms with Gasteiger partial charge in [-0.05, 0) is 74.1 Å². The van der Waals surface area contributed by atoms with Crippen molar-refractivity contribution in [1.82, 2.24) is 4.90 Å². The van der Waals surface area contributed by atoms with Crippen molar-refractivity contribution in [2.75, 3.05) is 11.9 Å². The Bertz CT molecular complexity index is 1190. The maximum atomic E-state index is 13.1. The number of carbonyl (C=O) groups excluding carboxylic acids is 2. The van der Waals surface area contributed by atoms with Gasteiger partial charge in [0, 0.05) is 18.2 Å². The molecule has 2 atom stereocenters. The third-order valence-electron chi connectivity index (χ3n) is 6.67. The molecule has 5 rings (SSSR count). The van der Waals surface area contributed by atoms with Crippen LogP contribution in [0.5, 0.6) is 5.75 Å². The van der Waals surface area contributed by atoms with Gasteiger partial charge in [-0.2, -0.15) is 0 Å². The number of fused-ring (bicyclic) bond motifs is 1. The molecule has 174 valence electrons. The second-order valence-corrected chi connectivity index (χ2v) is 9.35. The highest BCUT2D eigenvalue weighted by atomic mass is 16.5. The molecule has 1 heterocycles. The first-order valence-corrected chi connectivity index (χ1v) is 12.0. The lowest BCUT2D eigenvalue weighted by molar-refractivity contribution is -0.134. The topological polar surface area (TPSA) is 58.6 Å². The molecule has 1 N–H and O–H groups in total. The Morgan fingerprint density at radius 1 is 1.00 bits per heavy atom. The molecular formula is C29H30N2O3. The van der Waals surface area contributed by atoms with Crippen molar-refractivity contribution in [3.8, 4) is 5.75 Å². The van der Waals surface area contributed by atoms with Gasteiger partial charge < -0.3 is 15.0 Å². The largest absolute Gasteiger partial charge is 0.481 e. The summed E-state index contributed by atoms with van der Waals surface area (Å²) in [6, 6.07) is 23.7. The van der Waals surface area contributed by atoms with Crippen molar-refractivity contribution in [1.29, 1.82) is 0 Å². The molecule has 3 aromatic rings. The number of rotatable bonds is 6. The third-order valence-corrected chi connectivity index (χ3v) is 6.67. The van der Waals surface area contributed by atoms with Gasteiger partial charge in [0.05, 0.1) is 6.04 Å². The fourth-order valence-electron chi connectivity index (χ4n) is 4.60. The van der Waals surface area contributed by atoms with E-state index in [4.69, 9.17) is 4.74 Å². The summed E-state index contributed by atoms with van der Waals surface area (Å²) in [5.74, 6) is 0.841. The standard InChI is InChI=1S/C29H30N2O3/c1-19-8-13-24(14-9-19)30-28(32)20(2)34-25-15-12-21-16-17-31(29(33)23-10-11-23)27(26(21)18-25)22-6-4-3-5-7-22/h3-9,12-15,18,20,23,27H,10-11,16-17H2,1-2H3,(H,30,32). The SMILES string of the molecule is Cc1ccc(NC(=O)C(C)Oc2ccc3c(c2)C(c2ccccc2)N(C(=O)C2CC2)CC3)cc1. The highest BCUT2D eigenvalue weighted by Gasteiger charge is 2.39. The predicted molar refractivity (Wildman–Crippen MR) is 133 cm³/mol. The molecule has 0 spiro atoms. The number of hydrogen-bond donors (Lipinski definition) is 1. The molecule has 1 aliphatic carbocycles. The second kappa shape index (κ2) is 9.34. The van der Waals surface area contributed by atoms with Crippen LogP contribution in [0.2, 0.25) is 0 Å². The highest BCUT2D eigenvalue weighted by molar-refractivity contribution is 5.94. The lowest BCUT2D eigenvalue weighted by Crippen LogP contribution is -2.41. The number of hydrogen-bond acceptors (Lipinski definition) is 3. The maximum absolute atomic E-state index is 13.1. The van der Waals surface area contributed by atoms with Gasteiger partial charge in [-0.15, -0.1) is 0 Å². The lowest BCUT2D eigenvalue weighted by Gasteiger charge is -2.38. The Labute approximate surface area is 200 Å². The van der Waals surface area contributed by atoms with E-state index in [0.29, 0.717) is 5.75 Å². The molecule has 0 bridgehead atoms. The normalized spacial score (nSPS) is 18.1. The van der Waals surface area contributed by atoms with Crippen LogP contribution in [0.3, 0.4) is 0 Å². The van der Waals surface area contributed by atoms with Crippen LogP contribution in [-0.4, -0.2) is 29.4 Å². The van der Waals surface area contributed by atoms with Crippen molar-refractivity contribution in [3.05, 3.63) is 95.1 Å². The Balaban J connectivity index is 1.39. The van der Waals surface area contributed by atoms with Crippen LogP contribution in [0.1, 0.15) is 48.1 Å². The Kier molecular flexibility index (Phi) is 6.10. The van der Waals surface area contributed by atoms with E-state index in [0.717, 1.165) is 48.2 Å². The van der Waals surface area contributed by atoms with Crippen LogP contribution in [-0.2, 0) is 16.0 Å². The van der Waals surface area contributed by atoms with Crippen LogP contribution in [0.25, 0.3) is 0 Å². The smallest absolute Gasteiger partial charge is 0.265 e. The number of nitrogens with one attached hydrogen (secondary N) is 1. The predicted octanol–water partition coefficient (Wildman–Crippen LogP) is 5.29. The number of anilines is 1. The van der Waals surface area contributed by atoms with E-state index in [1.165, 1.54) is 5.56 Å². The van der Waals surface area contributed by atoms with Crippen molar-refractivity contribution in [2.45, 2.75) is 45.3 Å². The summed E-state index contributed by atoms with van der Waals surface area (Å²) in [5, 5.41) is 2.91. The molecule has 0 radical (unpaired) electrons. The summed E-state index contributed by atoms with van der Waals surface area (Å²) in [7, 11) is 0. The van der Waals surface area contributed by atoms with E-state index in [1.807, 2.05) is 66.4 Å². The second-order valence-electron chi connectivity index (χ2n) is 9.35. The average molecular weight is 455 g/mol. The first-order valence-electron chi connectivity index (χ1n) is 12.0. The van der Waals surface area contributed by atoms with E-state index in [1.54, 1.807) is 6.92 Å². The van der Waals surface area contributed by atoms with Gasteiger partial charge in [-0.1, -0.05) is 54.1 Å². The van der Waals surface area contributed by atoms with Crippen LogP contribution < -0.4 is 10.1 Å². The molecule has 2 amide bonds. The van der Waals surface area contributed by atoms with Gasteiger partial charge in [0.15, 0.2) is 6.10 Å². The molecule has 5 heteroatoms. The lowest BCUT2D eigenvalue weighted by atomic mass is 9.87.